The van der Waals surface area contributed by atoms with Gasteiger partial charge >= 0.3 is 0 Å². The second-order valence-electron chi connectivity index (χ2n) is 4.01. The molecule has 1 aliphatic heterocycles. The lowest BCUT2D eigenvalue weighted by Gasteiger charge is -2.19. The molecule has 0 aliphatic carbocycles. The van der Waals surface area contributed by atoms with Crippen molar-refractivity contribution >= 4 is 12.0 Å². The molecule has 0 spiro atoms. The van der Waals surface area contributed by atoms with Gasteiger partial charge in [0, 0.05) is 13.1 Å². The van der Waals surface area contributed by atoms with Crippen LogP contribution in [-0.4, -0.2) is 24.4 Å². The summed E-state index contributed by atoms with van der Waals surface area (Å²) in [6.45, 7) is 3.88. The number of hydrogen-bond acceptors (Lipinski definition) is 3. The zero-order chi connectivity index (χ0) is 10.8. The summed E-state index contributed by atoms with van der Waals surface area (Å²) in [5.74, 6) is 0.0508. The fraction of sp³-hybridized carbons (Fsp3) is 0.455. The van der Waals surface area contributed by atoms with Crippen molar-refractivity contribution in [2.75, 3.05) is 18.0 Å². The molecule has 2 rings (SSSR count). The molecule has 1 fully saturated rings. The highest BCUT2D eigenvalue weighted by Gasteiger charge is 2.22. The van der Waals surface area contributed by atoms with Gasteiger partial charge in [0.15, 0.2) is 12.1 Å². The number of pyridine rings is 1. The van der Waals surface area contributed by atoms with Gasteiger partial charge in [0.25, 0.3) is 0 Å². The van der Waals surface area contributed by atoms with Gasteiger partial charge in [0.2, 0.25) is 0 Å². The third-order valence-electron chi connectivity index (χ3n) is 2.80. The zero-order valence-electron chi connectivity index (χ0n) is 8.61. The fourth-order valence-electron chi connectivity index (χ4n) is 1.96. The van der Waals surface area contributed by atoms with Gasteiger partial charge in [-0.25, -0.2) is 4.39 Å². The summed E-state index contributed by atoms with van der Waals surface area (Å²) < 4.78 is 13.3. The minimum absolute atomic E-state index is 0.124. The van der Waals surface area contributed by atoms with E-state index in [0.717, 1.165) is 25.7 Å². The van der Waals surface area contributed by atoms with E-state index in [4.69, 9.17) is 0 Å². The average molecular weight is 208 g/mol. The Morgan fingerprint density at radius 3 is 3.00 bits per heavy atom. The van der Waals surface area contributed by atoms with Crippen molar-refractivity contribution in [2.24, 2.45) is 5.92 Å². The van der Waals surface area contributed by atoms with Crippen LogP contribution in [0.4, 0.5) is 10.1 Å². The Morgan fingerprint density at radius 2 is 2.40 bits per heavy atom. The van der Waals surface area contributed by atoms with Crippen molar-refractivity contribution < 1.29 is 9.18 Å². The molecule has 0 saturated carbocycles. The number of carbonyl (C=O) groups excluding carboxylic acids is 1. The first-order valence-corrected chi connectivity index (χ1v) is 5.06. The van der Waals surface area contributed by atoms with Crippen LogP contribution >= 0.6 is 0 Å². The molecule has 15 heavy (non-hydrogen) atoms. The highest BCUT2D eigenvalue weighted by atomic mass is 19.1. The Kier molecular flexibility index (Phi) is 2.66. The van der Waals surface area contributed by atoms with Crippen molar-refractivity contribution in [1.82, 2.24) is 4.98 Å². The van der Waals surface area contributed by atoms with Crippen LogP contribution in [0.5, 0.6) is 0 Å². The summed E-state index contributed by atoms with van der Waals surface area (Å²) in [6.07, 6.45) is 4.28. The summed E-state index contributed by atoms with van der Waals surface area (Å²) in [6, 6.07) is 0. The molecule has 0 amide bonds. The number of rotatable bonds is 2. The summed E-state index contributed by atoms with van der Waals surface area (Å²) in [4.78, 5) is 16.6. The van der Waals surface area contributed by atoms with Gasteiger partial charge in [-0.2, -0.15) is 0 Å². The van der Waals surface area contributed by atoms with Crippen molar-refractivity contribution in [3.05, 3.63) is 23.8 Å². The zero-order valence-corrected chi connectivity index (χ0v) is 8.61. The first kappa shape index (κ1) is 10.1. The van der Waals surface area contributed by atoms with Crippen molar-refractivity contribution in [1.29, 1.82) is 0 Å². The van der Waals surface area contributed by atoms with E-state index in [1.807, 2.05) is 4.90 Å². The maximum Gasteiger partial charge on any atom is 0.155 e. The molecule has 0 N–H and O–H groups in total. The largest absolute Gasteiger partial charge is 0.369 e. The van der Waals surface area contributed by atoms with Gasteiger partial charge in [0.05, 0.1) is 23.6 Å². The van der Waals surface area contributed by atoms with Crippen LogP contribution < -0.4 is 4.90 Å². The number of hydrogen-bond donors (Lipinski definition) is 0. The molecule has 0 bridgehead atoms. The topological polar surface area (TPSA) is 33.2 Å². The molecule has 1 atom stereocenters. The highest BCUT2D eigenvalue weighted by Crippen LogP contribution is 2.26. The van der Waals surface area contributed by atoms with Gasteiger partial charge < -0.3 is 4.90 Å². The van der Waals surface area contributed by atoms with Gasteiger partial charge in [-0.3, -0.25) is 9.78 Å². The minimum Gasteiger partial charge on any atom is -0.369 e. The first-order chi connectivity index (χ1) is 7.22. The third-order valence-corrected chi connectivity index (χ3v) is 2.80. The number of aromatic nitrogens is 1. The SMILES string of the molecule is CC1CCN(c2cncc(F)c2C=O)C1. The molecule has 4 heteroatoms. The predicted molar refractivity (Wildman–Crippen MR) is 55.6 cm³/mol. The van der Waals surface area contributed by atoms with E-state index in [1.165, 1.54) is 0 Å². The van der Waals surface area contributed by atoms with E-state index in [-0.39, 0.29) is 5.56 Å². The quantitative estimate of drug-likeness (QED) is 0.696. The van der Waals surface area contributed by atoms with Crippen LogP contribution in [0.25, 0.3) is 0 Å². The fourth-order valence-corrected chi connectivity index (χ4v) is 1.96. The van der Waals surface area contributed by atoms with Crippen molar-refractivity contribution in [3.63, 3.8) is 0 Å². The molecule has 1 unspecified atom stereocenters. The monoisotopic (exact) mass is 208 g/mol. The molecule has 1 aromatic heterocycles. The predicted octanol–water partition coefficient (Wildman–Crippen LogP) is 1.88. The molecule has 0 aromatic carbocycles. The Hall–Kier alpha value is -1.45. The van der Waals surface area contributed by atoms with E-state index in [1.54, 1.807) is 6.20 Å². The number of carbonyl (C=O) groups is 1. The lowest BCUT2D eigenvalue weighted by Crippen LogP contribution is -2.21. The standard InChI is InChI=1S/C11H13FN2O/c1-8-2-3-14(6-8)11-5-13-4-10(12)9(11)7-15/h4-5,7-8H,2-3,6H2,1H3. The Bertz CT molecular complexity index is 381. The molecule has 0 radical (unpaired) electrons. The Morgan fingerprint density at radius 1 is 1.60 bits per heavy atom. The molecule has 3 nitrogen and oxygen atoms in total. The average Bonchev–Trinajstić information content (AvgIpc) is 2.64. The molecule has 1 aromatic rings. The van der Waals surface area contributed by atoms with E-state index < -0.39 is 5.82 Å². The third kappa shape index (κ3) is 1.84. The Balaban J connectivity index is 2.35. The highest BCUT2D eigenvalue weighted by molar-refractivity contribution is 5.84. The van der Waals surface area contributed by atoms with E-state index in [0.29, 0.717) is 17.9 Å². The van der Waals surface area contributed by atoms with Gasteiger partial charge in [-0.1, -0.05) is 6.92 Å². The minimum atomic E-state index is -0.540. The summed E-state index contributed by atoms with van der Waals surface area (Å²) in [5, 5.41) is 0. The number of anilines is 1. The van der Waals surface area contributed by atoms with Crippen LogP contribution in [0.3, 0.4) is 0 Å². The number of halogens is 1. The smallest absolute Gasteiger partial charge is 0.155 e. The number of nitrogens with zero attached hydrogens (tertiary/aromatic N) is 2. The molecule has 80 valence electrons. The van der Waals surface area contributed by atoms with Crippen LogP contribution in [0.15, 0.2) is 12.4 Å². The van der Waals surface area contributed by atoms with Gasteiger partial charge in [0.1, 0.15) is 0 Å². The number of aldehydes is 1. The Labute approximate surface area is 87.9 Å². The maximum atomic E-state index is 13.3. The second kappa shape index (κ2) is 3.96. The normalized spacial score (nSPS) is 20.7. The molecule has 2 heterocycles. The van der Waals surface area contributed by atoms with E-state index >= 15 is 0 Å². The summed E-state index contributed by atoms with van der Waals surface area (Å²) >= 11 is 0. The van der Waals surface area contributed by atoms with Gasteiger partial charge in [-0.05, 0) is 12.3 Å². The second-order valence-corrected chi connectivity index (χ2v) is 4.01. The lowest BCUT2D eigenvalue weighted by atomic mass is 10.2. The first-order valence-electron chi connectivity index (χ1n) is 5.06. The van der Waals surface area contributed by atoms with Crippen molar-refractivity contribution in [3.8, 4) is 0 Å². The van der Waals surface area contributed by atoms with Crippen LogP contribution in [0.1, 0.15) is 23.7 Å². The van der Waals surface area contributed by atoms with E-state index in [2.05, 4.69) is 11.9 Å². The van der Waals surface area contributed by atoms with Crippen LogP contribution in [0, 0.1) is 11.7 Å². The molecule has 1 aliphatic rings. The summed E-state index contributed by atoms with van der Waals surface area (Å²) in [7, 11) is 0. The molecule has 1 saturated heterocycles. The van der Waals surface area contributed by atoms with Gasteiger partial charge in [-0.15, -0.1) is 0 Å². The summed E-state index contributed by atoms with van der Waals surface area (Å²) in [5.41, 5.74) is 0.744. The maximum absolute atomic E-state index is 13.3. The van der Waals surface area contributed by atoms with Crippen LogP contribution in [-0.2, 0) is 0 Å². The molecular formula is C11H13FN2O. The lowest BCUT2D eigenvalue weighted by molar-refractivity contribution is 0.112. The van der Waals surface area contributed by atoms with E-state index in [9.17, 15) is 9.18 Å². The van der Waals surface area contributed by atoms with Crippen molar-refractivity contribution in [2.45, 2.75) is 13.3 Å². The van der Waals surface area contributed by atoms with Crippen LogP contribution in [0.2, 0.25) is 0 Å². The molecular weight excluding hydrogens is 195 g/mol.